The Morgan fingerprint density at radius 1 is 1.16 bits per heavy atom. The fourth-order valence-electron chi connectivity index (χ4n) is 2.51. The van der Waals surface area contributed by atoms with E-state index >= 15 is 0 Å². The average Bonchev–Trinajstić information content (AvgIpc) is 3.47. The van der Waals surface area contributed by atoms with Crippen LogP contribution in [0.2, 0.25) is 0 Å². The van der Waals surface area contributed by atoms with Crippen molar-refractivity contribution in [1.29, 1.82) is 0 Å². The molecule has 1 fully saturated rings. The van der Waals surface area contributed by atoms with Crippen LogP contribution in [0.4, 0.5) is 5.69 Å². The van der Waals surface area contributed by atoms with Crippen molar-refractivity contribution in [3.8, 4) is 0 Å². The number of aliphatic imine (C=N–C) groups is 1. The highest BCUT2D eigenvalue weighted by atomic mass is 16.2. The highest BCUT2D eigenvalue weighted by Gasteiger charge is 2.28. The number of carbonyl (C=O) groups excluding carboxylic acids is 1. The molecule has 0 radical (unpaired) electrons. The number of nitrogens with zero attached hydrogens (tertiary/aromatic N) is 2. The molecule has 0 heterocycles. The van der Waals surface area contributed by atoms with E-state index in [-0.39, 0.29) is 11.8 Å². The Balaban J connectivity index is 1.63. The van der Waals surface area contributed by atoms with Gasteiger partial charge in [0.25, 0.3) is 0 Å². The van der Waals surface area contributed by atoms with Gasteiger partial charge in [-0.3, -0.25) is 9.79 Å². The first-order valence-electron chi connectivity index (χ1n) is 9.26. The molecule has 0 aliphatic heterocycles. The minimum Gasteiger partial charge on any atom is -0.375 e. The summed E-state index contributed by atoms with van der Waals surface area (Å²) in [7, 11) is 2.10. The molecule has 1 aromatic rings. The highest BCUT2D eigenvalue weighted by molar-refractivity contribution is 5.81. The third-order valence-corrected chi connectivity index (χ3v) is 4.13. The van der Waals surface area contributed by atoms with Crippen molar-refractivity contribution < 1.29 is 4.79 Å². The van der Waals surface area contributed by atoms with E-state index in [1.165, 1.54) is 5.69 Å². The highest BCUT2D eigenvalue weighted by Crippen LogP contribution is 2.28. The molecule has 0 unspecified atom stereocenters. The second-order valence-corrected chi connectivity index (χ2v) is 6.36. The smallest absolute Gasteiger partial charge is 0.223 e. The van der Waals surface area contributed by atoms with Crippen LogP contribution in [0.1, 0.15) is 26.2 Å². The van der Waals surface area contributed by atoms with Crippen molar-refractivity contribution in [2.75, 3.05) is 44.7 Å². The predicted molar refractivity (Wildman–Crippen MR) is 104 cm³/mol. The SMILES string of the molecule is CCNC(=NCCCN(C)c1ccccc1)NCCNC(=O)C1CC1. The number of rotatable bonds is 10. The normalized spacial score (nSPS) is 14.1. The number of benzene rings is 1. The molecule has 3 N–H and O–H groups in total. The molecule has 138 valence electrons. The number of amides is 1. The first-order valence-corrected chi connectivity index (χ1v) is 9.26. The molecule has 2 rings (SSSR count). The summed E-state index contributed by atoms with van der Waals surface area (Å²) in [6, 6.07) is 10.4. The molecule has 0 aromatic heterocycles. The third-order valence-electron chi connectivity index (χ3n) is 4.13. The van der Waals surface area contributed by atoms with E-state index in [1.807, 2.05) is 6.07 Å². The molecule has 0 atom stereocenters. The lowest BCUT2D eigenvalue weighted by Gasteiger charge is -2.18. The van der Waals surface area contributed by atoms with Gasteiger partial charge in [-0.25, -0.2) is 0 Å². The van der Waals surface area contributed by atoms with Crippen molar-refractivity contribution in [1.82, 2.24) is 16.0 Å². The van der Waals surface area contributed by atoms with Crippen molar-refractivity contribution in [2.45, 2.75) is 26.2 Å². The van der Waals surface area contributed by atoms with E-state index < -0.39 is 0 Å². The zero-order valence-corrected chi connectivity index (χ0v) is 15.4. The molecular formula is C19H31N5O. The summed E-state index contributed by atoms with van der Waals surface area (Å²) >= 11 is 0. The van der Waals surface area contributed by atoms with Gasteiger partial charge in [-0.1, -0.05) is 18.2 Å². The van der Waals surface area contributed by atoms with Crippen LogP contribution >= 0.6 is 0 Å². The first kappa shape index (κ1) is 19.1. The maximum Gasteiger partial charge on any atom is 0.223 e. The van der Waals surface area contributed by atoms with Crippen LogP contribution in [0.25, 0.3) is 0 Å². The Morgan fingerprint density at radius 2 is 1.88 bits per heavy atom. The predicted octanol–water partition coefficient (Wildman–Crippen LogP) is 1.59. The van der Waals surface area contributed by atoms with Crippen LogP contribution in [0.5, 0.6) is 0 Å². The average molecular weight is 345 g/mol. The van der Waals surface area contributed by atoms with Gasteiger partial charge in [0.05, 0.1) is 0 Å². The second kappa shape index (κ2) is 10.6. The molecule has 0 bridgehead atoms. The van der Waals surface area contributed by atoms with Gasteiger partial charge in [0.2, 0.25) is 5.91 Å². The molecule has 6 nitrogen and oxygen atoms in total. The summed E-state index contributed by atoms with van der Waals surface area (Å²) in [6.45, 7) is 5.93. The van der Waals surface area contributed by atoms with Gasteiger partial charge in [-0.2, -0.15) is 0 Å². The standard InChI is InChI=1S/C19H31N5O/c1-3-20-19(23-14-13-21-18(25)16-10-11-16)22-12-7-15-24(2)17-8-5-4-6-9-17/h4-6,8-9,16H,3,7,10-15H2,1-2H3,(H,21,25)(H2,20,22,23). The van der Waals surface area contributed by atoms with E-state index in [1.54, 1.807) is 0 Å². The van der Waals surface area contributed by atoms with Gasteiger partial charge in [0.15, 0.2) is 5.96 Å². The van der Waals surface area contributed by atoms with Gasteiger partial charge in [-0.05, 0) is 38.3 Å². The maximum atomic E-state index is 11.6. The van der Waals surface area contributed by atoms with Crippen LogP contribution in [0.3, 0.4) is 0 Å². The van der Waals surface area contributed by atoms with Gasteiger partial charge in [0, 0.05) is 51.4 Å². The molecule has 25 heavy (non-hydrogen) atoms. The topological polar surface area (TPSA) is 68.8 Å². The summed E-state index contributed by atoms with van der Waals surface area (Å²) in [5.41, 5.74) is 1.22. The molecule has 0 saturated heterocycles. The zero-order chi connectivity index (χ0) is 17.9. The van der Waals surface area contributed by atoms with Crippen LogP contribution in [0, 0.1) is 5.92 Å². The van der Waals surface area contributed by atoms with Crippen molar-refractivity contribution in [2.24, 2.45) is 10.9 Å². The number of para-hydroxylation sites is 1. The first-order chi connectivity index (χ1) is 12.2. The van der Waals surface area contributed by atoms with Crippen molar-refractivity contribution in [3.05, 3.63) is 30.3 Å². The minimum absolute atomic E-state index is 0.188. The van der Waals surface area contributed by atoms with Crippen LogP contribution in [-0.2, 0) is 4.79 Å². The van der Waals surface area contributed by atoms with E-state index in [2.05, 4.69) is 64.1 Å². The molecule has 1 aliphatic carbocycles. The number of guanidine groups is 1. The van der Waals surface area contributed by atoms with Crippen molar-refractivity contribution in [3.63, 3.8) is 0 Å². The second-order valence-electron chi connectivity index (χ2n) is 6.36. The molecule has 6 heteroatoms. The van der Waals surface area contributed by atoms with Gasteiger partial charge in [0.1, 0.15) is 0 Å². The summed E-state index contributed by atoms with van der Waals surface area (Å²) in [5, 5.41) is 9.46. The Hall–Kier alpha value is -2.24. The quantitative estimate of drug-likeness (QED) is 0.342. The van der Waals surface area contributed by atoms with E-state index in [9.17, 15) is 4.79 Å². The fraction of sp³-hybridized carbons (Fsp3) is 0.579. The summed E-state index contributed by atoms with van der Waals surface area (Å²) in [5.74, 6) is 1.27. The fourth-order valence-corrected chi connectivity index (χ4v) is 2.51. The monoisotopic (exact) mass is 345 g/mol. The molecular weight excluding hydrogens is 314 g/mol. The number of nitrogens with one attached hydrogen (secondary N) is 3. The van der Waals surface area contributed by atoms with Crippen LogP contribution < -0.4 is 20.9 Å². The lowest BCUT2D eigenvalue weighted by atomic mass is 10.3. The zero-order valence-electron chi connectivity index (χ0n) is 15.4. The Morgan fingerprint density at radius 3 is 2.56 bits per heavy atom. The summed E-state index contributed by atoms with van der Waals surface area (Å²) in [6.07, 6.45) is 3.07. The Kier molecular flexibility index (Phi) is 8.09. The van der Waals surface area contributed by atoms with E-state index in [0.717, 1.165) is 44.9 Å². The van der Waals surface area contributed by atoms with Gasteiger partial charge in [-0.15, -0.1) is 0 Å². The number of hydrogen-bond acceptors (Lipinski definition) is 3. The molecule has 1 aliphatic rings. The molecule has 1 saturated carbocycles. The number of carbonyl (C=O) groups is 1. The molecule has 1 aromatic carbocycles. The maximum absolute atomic E-state index is 11.6. The van der Waals surface area contributed by atoms with E-state index in [4.69, 9.17) is 0 Å². The molecule has 1 amide bonds. The van der Waals surface area contributed by atoms with Gasteiger partial charge >= 0.3 is 0 Å². The molecule has 0 spiro atoms. The number of anilines is 1. The Bertz CT molecular complexity index is 542. The largest absolute Gasteiger partial charge is 0.375 e. The van der Waals surface area contributed by atoms with Crippen molar-refractivity contribution >= 4 is 17.6 Å². The summed E-state index contributed by atoms with van der Waals surface area (Å²) in [4.78, 5) is 18.4. The third kappa shape index (κ3) is 7.45. The number of hydrogen-bond donors (Lipinski definition) is 3. The van der Waals surface area contributed by atoms with Crippen LogP contribution in [0.15, 0.2) is 35.3 Å². The van der Waals surface area contributed by atoms with E-state index in [0.29, 0.717) is 13.1 Å². The minimum atomic E-state index is 0.188. The lowest BCUT2D eigenvalue weighted by Crippen LogP contribution is -2.41. The lowest BCUT2D eigenvalue weighted by molar-refractivity contribution is -0.122. The summed E-state index contributed by atoms with van der Waals surface area (Å²) < 4.78 is 0. The van der Waals surface area contributed by atoms with Gasteiger partial charge < -0.3 is 20.9 Å². The van der Waals surface area contributed by atoms with Crippen LogP contribution in [-0.4, -0.2) is 51.6 Å². The Labute approximate surface area is 151 Å².